The van der Waals surface area contributed by atoms with Gasteiger partial charge < -0.3 is 15.7 Å². The second kappa shape index (κ2) is 7.08. The van der Waals surface area contributed by atoms with E-state index in [4.69, 9.17) is 5.11 Å². The van der Waals surface area contributed by atoms with Crippen molar-refractivity contribution < 1.29 is 19.5 Å². The molecule has 0 saturated heterocycles. The van der Waals surface area contributed by atoms with Crippen LogP contribution in [0.4, 0.5) is 5.69 Å². The summed E-state index contributed by atoms with van der Waals surface area (Å²) in [6, 6.07) is 6.47. The molecule has 0 aliphatic carbocycles. The Morgan fingerprint density at radius 1 is 1.15 bits per heavy atom. The van der Waals surface area contributed by atoms with Crippen molar-refractivity contribution >= 4 is 23.5 Å². The molecule has 0 radical (unpaired) electrons. The summed E-state index contributed by atoms with van der Waals surface area (Å²) in [5.74, 6) is -2.14. The highest BCUT2D eigenvalue weighted by Gasteiger charge is 2.12. The molecule has 20 heavy (non-hydrogen) atoms. The molecule has 106 valence electrons. The summed E-state index contributed by atoms with van der Waals surface area (Å²) in [6.45, 7) is 3.66. The van der Waals surface area contributed by atoms with Gasteiger partial charge in [0.2, 0.25) is 5.91 Å². The Morgan fingerprint density at radius 3 is 2.40 bits per heavy atom. The van der Waals surface area contributed by atoms with Crippen LogP contribution >= 0.6 is 0 Å². The van der Waals surface area contributed by atoms with Gasteiger partial charge in [-0.2, -0.15) is 0 Å². The first-order valence-electron chi connectivity index (χ1n) is 6.02. The number of aliphatic carboxylic acids is 1. The van der Waals surface area contributed by atoms with Gasteiger partial charge in [-0.15, -0.1) is 0 Å². The van der Waals surface area contributed by atoms with Crippen LogP contribution in [0, 0.1) is 0 Å². The fourth-order valence-corrected chi connectivity index (χ4v) is 1.45. The van der Waals surface area contributed by atoms with Crippen LogP contribution in [0.5, 0.6) is 0 Å². The number of carboxylic acid groups (broad SMARTS) is 1. The van der Waals surface area contributed by atoms with Crippen LogP contribution in [0.2, 0.25) is 0 Å². The van der Waals surface area contributed by atoms with E-state index in [1.165, 1.54) is 0 Å². The molecule has 1 aromatic rings. The van der Waals surface area contributed by atoms with Crippen molar-refractivity contribution in [3.63, 3.8) is 0 Å². The summed E-state index contributed by atoms with van der Waals surface area (Å²) in [4.78, 5) is 33.8. The second-order valence-electron chi connectivity index (χ2n) is 4.33. The molecule has 0 bridgehead atoms. The lowest BCUT2D eigenvalue weighted by atomic mass is 10.1. The molecule has 0 unspecified atom stereocenters. The van der Waals surface area contributed by atoms with Gasteiger partial charge in [0.05, 0.1) is 11.3 Å². The van der Waals surface area contributed by atoms with Crippen molar-refractivity contribution in [3.8, 4) is 0 Å². The number of carbonyl (C=O) groups excluding carboxylic acids is 2. The molecule has 6 nitrogen and oxygen atoms in total. The summed E-state index contributed by atoms with van der Waals surface area (Å²) in [7, 11) is 0. The van der Waals surface area contributed by atoms with Gasteiger partial charge >= 0.3 is 5.97 Å². The minimum absolute atomic E-state index is 0.0295. The number of anilines is 1. The average Bonchev–Trinajstić information content (AvgIpc) is 2.36. The van der Waals surface area contributed by atoms with Crippen LogP contribution in [-0.4, -0.2) is 28.9 Å². The van der Waals surface area contributed by atoms with E-state index in [0.717, 1.165) is 12.2 Å². The molecule has 0 heterocycles. The number of hydrogen-bond acceptors (Lipinski definition) is 3. The van der Waals surface area contributed by atoms with Gasteiger partial charge in [-0.25, -0.2) is 4.79 Å². The number of carbonyl (C=O) groups is 3. The Bertz CT molecular complexity index is 550. The van der Waals surface area contributed by atoms with Crippen molar-refractivity contribution in [1.29, 1.82) is 0 Å². The monoisotopic (exact) mass is 276 g/mol. The zero-order valence-electron chi connectivity index (χ0n) is 11.2. The van der Waals surface area contributed by atoms with E-state index in [1.54, 1.807) is 24.3 Å². The van der Waals surface area contributed by atoms with Crippen LogP contribution in [0.1, 0.15) is 24.2 Å². The van der Waals surface area contributed by atoms with Gasteiger partial charge in [-0.3, -0.25) is 9.59 Å². The van der Waals surface area contributed by atoms with Crippen LogP contribution in [0.15, 0.2) is 36.4 Å². The number of hydrogen-bond donors (Lipinski definition) is 3. The van der Waals surface area contributed by atoms with E-state index in [-0.39, 0.29) is 11.9 Å². The van der Waals surface area contributed by atoms with Crippen LogP contribution in [0.3, 0.4) is 0 Å². The summed E-state index contributed by atoms with van der Waals surface area (Å²) < 4.78 is 0. The van der Waals surface area contributed by atoms with Crippen molar-refractivity contribution in [1.82, 2.24) is 5.32 Å². The number of nitrogens with one attached hydrogen (secondary N) is 2. The van der Waals surface area contributed by atoms with Crippen molar-refractivity contribution in [2.24, 2.45) is 0 Å². The van der Waals surface area contributed by atoms with Gasteiger partial charge in [0, 0.05) is 18.2 Å². The molecular formula is C14H16N2O4. The van der Waals surface area contributed by atoms with Crippen LogP contribution in [0.25, 0.3) is 0 Å². The number of rotatable bonds is 5. The molecule has 0 fully saturated rings. The van der Waals surface area contributed by atoms with Crippen LogP contribution in [-0.2, 0) is 9.59 Å². The number of benzene rings is 1. The first-order valence-corrected chi connectivity index (χ1v) is 6.02. The van der Waals surface area contributed by atoms with Gasteiger partial charge in [-0.1, -0.05) is 12.1 Å². The van der Waals surface area contributed by atoms with Gasteiger partial charge in [-0.05, 0) is 26.0 Å². The summed E-state index contributed by atoms with van der Waals surface area (Å²) in [6.07, 6.45) is 1.62. The fraction of sp³-hybridized carbons (Fsp3) is 0.214. The quantitative estimate of drug-likeness (QED) is 0.708. The maximum atomic E-state index is 11.9. The first-order chi connectivity index (χ1) is 9.40. The normalized spacial score (nSPS) is 10.6. The van der Waals surface area contributed by atoms with Gasteiger partial charge in [0.15, 0.2) is 0 Å². The first kappa shape index (κ1) is 15.4. The van der Waals surface area contributed by atoms with Crippen molar-refractivity contribution in [3.05, 3.63) is 42.0 Å². The van der Waals surface area contributed by atoms with Crippen LogP contribution < -0.4 is 10.6 Å². The topological polar surface area (TPSA) is 95.5 Å². The highest BCUT2D eigenvalue weighted by molar-refractivity contribution is 6.07. The number of para-hydroxylation sites is 1. The molecule has 0 aliphatic rings. The second-order valence-corrected chi connectivity index (χ2v) is 4.33. The van der Waals surface area contributed by atoms with Crippen molar-refractivity contribution in [2.45, 2.75) is 19.9 Å². The maximum Gasteiger partial charge on any atom is 0.328 e. The van der Waals surface area contributed by atoms with Gasteiger partial charge in [0.1, 0.15) is 0 Å². The Hall–Kier alpha value is -2.63. The molecule has 0 atom stereocenters. The minimum Gasteiger partial charge on any atom is -0.478 e. The maximum absolute atomic E-state index is 11.9. The zero-order valence-corrected chi connectivity index (χ0v) is 11.2. The smallest absolute Gasteiger partial charge is 0.328 e. The van der Waals surface area contributed by atoms with E-state index in [2.05, 4.69) is 10.6 Å². The summed E-state index contributed by atoms with van der Waals surface area (Å²) in [5, 5.41) is 13.6. The largest absolute Gasteiger partial charge is 0.478 e. The van der Waals surface area contributed by atoms with Crippen molar-refractivity contribution in [2.75, 3.05) is 5.32 Å². The predicted molar refractivity (Wildman–Crippen MR) is 74.4 cm³/mol. The Labute approximate surface area is 116 Å². The molecule has 1 rings (SSSR count). The highest BCUT2D eigenvalue weighted by Crippen LogP contribution is 2.15. The summed E-state index contributed by atoms with van der Waals surface area (Å²) >= 11 is 0. The van der Waals surface area contributed by atoms with E-state index < -0.39 is 11.9 Å². The lowest BCUT2D eigenvalue weighted by Crippen LogP contribution is -2.30. The van der Waals surface area contributed by atoms with E-state index in [1.807, 2.05) is 13.8 Å². The molecule has 1 aromatic carbocycles. The Balaban J connectivity index is 2.88. The molecule has 3 N–H and O–H groups in total. The number of carboxylic acids is 1. The Morgan fingerprint density at radius 2 is 1.80 bits per heavy atom. The molecule has 6 heteroatoms. The fourth-order valence-electron chi connectivity index (χ4n) is 1.45. The molecule has 0 spiro atoms. The molecular weight excluding hydrogens is 260 g/mol. The zero-order chi connectivity index (χ0) is 15.1. The third-order valence-corrected chi connectivity index (χ3v) is 2.23. The van der Waals surface area contributed by atoms with E-state index in [0.29, 0.717) is 11.3 Å². The third-order valence-electron chi connectivity index (χ3n) is 2.23. The summed E-state index contributed by atoms with van der Waals surface area (Å²) in [5.41, 5.74) is 0.643. The standard InChI is InChI=1S/C14H16N2O4/c1-9(2)15-14(20)10-5-3-4-6-11(10)16-12(17)7-8-13(18)19/h3-9H,1-2H3,(H,15,20)(H,16,17)(H,18,19). The molecule has 0 saturated carbocycles. The predicted octanol–water partition coefficient (Wildman–Crippen LogP) is 1.40. The number of amides is 2. The van der Waals surface area contributed by atoms with E-state index in [9.17, 15) is 14.4 Å². The average molecular weight is 276 g/mol. The highest BCUT2D eigenvalue weighted by atomic mass is 16.4. The molecule has 2 amide bonds. The lowest BCUT2D eigenvalue weighted by Gasteiger charge is -2.12. The molecule has 0 aromatic heterocycles. The molecule has 0 aliphatic heterocycles. The van der Waals surface area contributed by atoms with Gasteiger partial charge in [0.25, 0.3) is 5.91 Å². The minimum atomic E-state index is -1.22. The SMILES string of the molecule is CC(C)NC(=O)c1ccccc1NC(=O)C=CC(=O)O. The van der Waals surface area contributed by atoms with E-state index >= 15 is 0 Å². The Kier molecular flexibility index (Phi) is 5.46. The third kappa shape index (κ3) is 4.93. The lowest BCUT2D eigenvalue weighted by molar-refractivity contribution is -0.131.